The number of rotatable bonds is 2. The van der Waals surface area contributed by atoms with Crippen LogP contribution < -0.4 is 10.6 Å². The second-order valence-electron chi connectivity index (χ2n) is 5.45. The lowest BCUT2D eigenvalue weighted by molar-refractivity contribution is -0.124. The molecule has 0 saturated carbocycles. The van der Waals surface area contributed by atoms with Gasteiger partial charge in [-0.25, -0.2) is 4.39 Å². The molecule has 2 atom stereocenters. The van der Waals surface area contributed by atoms with Gasteiger partial charge in [0.1, 0.15) is 5.82 Å². The third-order valence-corrected chi connectivity index (χ3v) is 4.13. The summed E-state index contributed by atoms with van der Waals surface area (Å²) in [5.41, 5.74) is 2.10. The number of halogens is 1. The zero-order valence-electron chi connectivity index (χ0n) is 10.9. The zero-order valence-corrected chi connectivity index (χ0v) is 10.9. The fourth-order valence-electron chi connectivity index (χ4n) is 3.08. The van der Waals surface area contributed by atoms with E-state index in [1.165, 1.54) is 6.07 Å². The normalized spacial score (nSPS) is 25.9. The molecular formula is C15H19FN2O. The molecule has 1 aliphatic heterocycles. The molecule has 102 valence electrons. The van der Waals surface area contributed by atoms with Crippen LogP contribution in [0.4, 0.5) is 4.39 Å². The Balaban J connectivity index is 1.67. The van der Waals surface area contributed by atoms with Crippen molar-refractivity contribution in [2.24, 2.45) is 0 Å². The van der Waals surface area contributed by atoms with E-state index in [1.807, 2.05) is 0 Å². The monoisotopic (exact) mass is 262 g/mol. The second kappa shape index (κ2) is 5.29. The van der Waals surface area contributed by atoms with Gasteiger partial charge < -0.3 is 10.6 Å². The molecule has 0 aromatic heterocycles. The van der Waals surface area contributed by atoms with Crippen LogP contribution in [0.1, 0.15) is 42.9 Å². The molecule has 1 saturated heterocycles. The van der Waals surface area contributed by atoms with Crippen LogP contribution in [0.15, 0.2) is 18.2 Å². The molecule has 2 aliphatic rings. The molecule has 1 aromatic carbocycles. The maximum atomic E-state index is 13.1. The van der Waals surface area contributed by atoms with Crippen molar-refractivity contribution in [3.63, 3.8) is 0 Å². The van der Waals surface area contributed by atoms with Crippen LogP contribution in [0.2, 0.25) is 0 Å². The Morgan fingerprint density at radius 2 is 2.21 bits per heavy atom. The van der Waals surface area contributed by atoms with Crippen molar-refractivity contribution < 1.29 is 9.18 Å². The molecule has 1 fully saturated rings. The summed E-state index contributed by atoms with van der Waals surface area (Å²) in [6, 6.07) is 4.85. The molecule has 1 aliphatic carbocycles. The minimum absolute atomic E-state index is 0.0480. The van der Waals surface area contributed by atoms with E-state index in [9.17, 15) is 9.18 Å². The number of amides is 1. The molecule has 3 nitrogen and oxygen atoms in total. The Bertz CT molecular complexity index is 483. The van der Waals surface area contributed by atoms with Crippen LogP contribution in [0.3, 0.4) is 0 Å². The largest absolute Gasteiger partial charge is 0.348 e. The number of hydrogen-bond donors (Lipinski definition) is 2. The van der Waals surface area contributed by atoms with Gasteiger partial charge >= 0.3 is 0 Å². The maximum Gasteiger partial charge on any atom is 0.237 e. The quantitative estimate of drug-likeness (QED) is 0.856. The molecule has 19 heavy (non-hydrogen) atoms. The number of nitrogens with one attached hydrogen (secondary N) is 2. The van der Waals surface area contributed by atoms with Crippen molar-refractivity contribution in [2.75, 3.05) is 6.54 Å². The molecule has 1 aromatic rings. The van der Waals surface area contributed by atoms with Gasteiger partial charge in [0.2, 0.25) is 5.91 Å². The SMILES string of the molecule is O=C(NC1CCc2cc(F)ccc21)C1CCCCN1. The summed E-state index contributed by atoms with van der Waals surface area (Å²) in [4.78, 5) is 12.2. The predicted octanol–water partition coefficient (Wildman–Crippen LogP) is 2.07. The molecule has 2 unspecified atom stereocenters. The lowest BCUT2D eigenvalue weighted by Crippen LogP contribution is -2.47. The molecule has 4 heteroatoms. The zero-order chi connectivity index (χ0) is 13.2. The second-order valence-corrected chi connectivity index (χ2v) is 5.45. The predicted molar refractivity (Wildman–Crippen MR) is 71.2 cm³/mol. The highest BCUT2D eigenvalue weighted by Gasteiger charge is 2.27. The lowest BCUT2D eigenvalue weighted by atomic mass is 10.0. The summed E-state index contributed by atoms with van der Waals surface area (Å²) in [5, 5.41) is 6.35. The van der Waals surface area contributed by atoms with Crippen molar-refractivity contribution >= 4 is 5.91 Å². The number of carbonyl (C=O) groups is 1. The van der Waals surface area contributed by atoms with Gasteiger partial charge in [-0.1, -0.05) is 12.5 Å². The molecule has 0 spiro atoms. The number of piperidine rings is 1. The number of hydrogen-bond acceptors (Lipinski definition) is 2. The van der Waals surface area contributed by atoms with Crippen molar-refractivity contribution in [1.29, 1.82) is 0 Å². The Hall–Kier alpha value is -1.42. The van der Waals surface area contributed by atoms with Gasteiger partial charge in [0.25, 0.3) is 0 Å². The summed E-state index contributed by atoms with van der Waals surface area (Å²) in [6.07, 6.45) is 4.88. The lowest BCUT2D eigenvalue weighted by Gasteiger charge is -2.24. The fourth-order valence-corrected chi connectivity index (χ4v) is 3.08. The number of benzene rings is 1. The summed E-state index contributed by atoms with van der Waals surface area (Å²) in [6.45, 7) is 0.921. The van der Waals surface area contributed by atoms with E-state index in [0.717, 1.165) is 49.8 Å². The highest BCUT2D eigenvalue weighted by molar-refractivity contribution is 5.82. The van der Waals surface area contributed by atoms with Gasteiger partial charge in [0.05, 0.1) is 12.1 Å². The van der Waals surface area contributed by atoms with E-state index in [4.69, 9.17) is 0 Å². The van der Waals surface area contributed by atoms with E-state index in [1.54, 1.807) is 12.1 Å². The van der Waals surface area contributed by atoms with Gasteiger partial charge in [-0.15, -0.1) is 0 Å². The Morgan fingerprint density at radius 1 is 1.32 bits per heavy atom. The molecule has 1 heterocycles. The summed E-state index contributed by atoms with van der Waals surface area (Å²) < 4.78 is 13.1. The van der Waals surface area contributed by atoms with Gasteiger partial charge in [-0.3, -0.25) is 4.79 Å². The first-order valence-electron chi connectivity index (χ1n) is 7.06. The number of carbonyl (C=O) groups excluding carboxylic acids is 1. The Morgan fingerprint density at radius 3 is 3.00 bits per heavy atom. The average Bonchev–Trinajstić information content (AvgIpc) is 2.82. The molecule has 0 bridgehead atoms. The van der Waals surface area contributed by atoms with Gasteiger partial charge in [0, 0.05) is 0 Å². The minimum atomic E-state index is -0.195. The van der Waals surface area contributed by atoms with Gasteiger partial charge in [-0.05, 0) is 55.5 Å². The summed E-state index contributed by atoms with van der Waals surface area (Å²) in [5.74, 6) is -0.110. The van der Waals surface area contributed by atoms with E-state index in [0.29, 0.717) is 0 Å². The van der Waals surface area contributed by atoms with E-state index in [-0.39, 0.29) is 23.8 Å². The highest BCUT2D eigenvalue weighted by atomic mass is 19.1. The first kappa shape index (κ1) is 12.6. The van der Waals surface area contributed by atoms with Crippen LogP contribution >= 0.6 is 0 Å². The minimum Gasteiger partial charge on any atom is -0.348 e. The third kappa shape index (κ3) is 2.63. The van der Waals surface area contributed by atoms with Crippen molar-refractivity contribution in [2.45, 2.75) is 44.2 Å². The molecular weight excluding hydrogens is 243 g/mol. The van der Waals surface area contributed by atoms with Crippen molar-refractivity contribution in [3.8, 4) is 0 Å². The Kier molecular flexibility index (Phi) is 3.51. The van der Waals surface area contributed by atoms with E-state index in [2.05, 4.69) is 10.6 Å². The van der Waals surface area contributed by atoms with Gasteiger partial charge in [0.15, 0.2) is 0 Å². The molecule has 1 amide bonds. The third-order valence-electron chi connectivity index (χ3n) is 4.13. The van der Waals surface area contributed by atoms with Crippen LogP contribution in [0.5, 0.6) is 0 Å². The summed E-state index contributed by atoms with van der Waals surface area (Å²) in [7, 11) is 0. The maximum absolute atomic E-state index is 13.1. The van der Waals surface area contributed by atoms with Crippen molar-refractivity contribution in [1.82, 2.24) is 10.6 Å². The number of fused-ring (bicyclic) bond motifs is 1. The van der Waals surface area contributed by atoms with Crippen LogP contribution in [-0.2, 0) is 11.2 Å². The molecule has 3 rings (SSSR count). The number of aryl methyl sites for hydroxylation is 1. The highest BCUT2D eigenvalue weighted by Crippen LogP contribution is 2.31. The topological polar surface area (TPSA) is 41.1 Å². The van der Waals surface area contributed by atoms with Gasteiger partial charge in [-0.2, -0.15) is 0 Å². The first-order chi connectivity index (χ1) is 9.24. The smallest absolute Gasteiger partial charge is 0.237 e. The van der Waals surface area contributed by atoms with Crippen LogP contribution in [0, 0.1) is 5.82 Å². The standard InChI is InChI=1S/C15H19FN2O/c16-11-5-6-12-10(9-11)4-7-13(12)18-15(19)14-3-1-2-8-17-14/h5-6,9,13-14,17H,1-4,7-8H2,(H,18,19). The molecule has 0 radical (unpaired) electrons. The van der Waals surface area contributed by atoms with Crippen LogP contribution in [-0.4, -0.2) is 18.5 Å². The fraction of sp³-hybridized carbons (Fsp3) is 0.533. The van der Waals surface area contributed by atoms with E-state index < -0.39 is 0 Å². The molecule has 2 N–H and O–H groups in total. The Labute approximate surface area is 112 Å². The van der Waals surface area contributed by atoms with Crippen LogP contribution in [0.25, 0.3) is 0 Å². The van der Waals surface area contributed by atoms with E-state index >= 15 is 0 Å². The average molecular weight is 262 g/mol. The summed E-state index contributed by atoms with van der Waals surface area (Å²) >= 11 is 0. The first-order valence-corrected chi connectivity index (χ1v) is 7.06. The van der Waals surface area contributed by atoms with Crippen molar-refractivity contribution in [3.05, 3.63) is 35.1 Å².